The van der Waals surface area contributed by atoms with Gasteiger partial charge in [0, 0.05) is 18.1 Å². The molecule has 29 heavy (non-hydrogen) atoms. The third-order valence-corrected chi connectivity index (χ3v) is 6.34. The van der Waals surface area contributed by atoms with Gasteiger partial charge in [-0.25, -0.2) is 9.67 Å². The fourth-order valence-electron chi connectivity index (χ4n) is 4.31. The molecule has 0 bridgehead atoms. The third kappa shape index (κ3) is 3.53. The molecule has 2 fully saturated rings. The summed E-state index contributed by atoms with van der Waals surface area (Å²) in [5.74, 6) is 1.51. The number of aromatic nitrogens is 4. The zero-order valence-corrected chi connectivity index (χ0v) is 17.1. The molecule has 0 unspecified atom stereocenters. The molecule has 152 valence electrons. The van der Waals surface area contributed by atoms with Gasteiger partial charge in [-0.3, -0.25) is 9.69 Å². The zero-order chi connectivity index (χ0) is 20.0. The number of rotatable bonds is 5. The predicted octanol–water partition coefficient (Wildman–Crippen LogP) is 3.71. The lowest BCUT2D eigenvalue weighted by Gasteiger charge is -2.42. The number of likely N-dealkylation sites (tertiary alicyclic amines) is 1. The molecule has 5 rings (SSSR count). The van der Waals surface area contributed by atoms with Crippen LogP contribution in [0.4, 0.5) is 0 Å². The van der Waals surface area contributed by atoms with Gasteiger partial charge in [0.2, 0.25) is 0 Å². The van der Waals surface area contributed by atoms with Crippen molar-refractivity contribution in [2.75, 3.05) is 13.1 Å². The maximum atomic E-state index is 12.6. The summed E-state index contributed by atoms with van der Waals surface area (Å²) >= 11 is 5.92. The van der Waals surface area contributed by atoms with Gasteiger partial charge in [0.15, 0.2) is 5.65 Å². The van der Waals surface area contributed by atoms with Crippen molar-refractivity contribution in [2.45, 2.75) is 50.8 Å². The average Bonchev–Trinajstić information content (AvgIpc) is 3.34. The van der Waals surface area contributed by atoms with Gasteiger partial charge in [-0.15, -0.1) is 0 Å². The van der Waals surface area contributed by atoms with E-state index in [0.717, 1.165) is 31.7 Å². The first-order valence-electron chi connectivity index (χ1n) is 10.2. The van der Waals surface area contributed by atoms with Crippen LogP contribution in [0.1, 0.15) is 50.5 Å². The summed E-state index contributed by atoms with van der Waals surface area (Å²) < 4.78 is 7.94. The van der Waals surface area contributed by atoms with Gasteiger partial charge in [-0.2, -0.15) is 5.10 Å². The Labute approximate surface area is 173 Å². The molecule has 2 aliphatic rings. The maximum Gasteiger partial charge on any atom is 0.262 e. The lowest BCUT2D eigenvalue weighted by atomic mass is 10.1. The highest BCUT2D eigenvalue weighted by atomic mass is 35.5. The smallest absolute Gasteiger partial charge is 0.262 e. The summed E-state index contributed by atoms with van der Waals surface area (Å²) in [6.45, 7) is 3.64. The second kappa shape index (κ2) is 7.46. The summed E-state index contributed by atoms with van der Waals surface area (Å²) in [6, 6.07) is 7.77. The van der Waals surface area contributed by atoms with Crippen molar-refractivity contribution in [2.24, 2.45) is 0 Å². The SMILES string of the molecule is C[C@H](c1nc2c(cnn2C2CCCC2)c(=O)[nH]1)N1CC(Oc2ccc(Cl)cc2)C1. The maximum absolute atomic E-state index is 12.6. The fourth-order valence-corrected chi connectivity index (χ4v) is 4.43. The topological polar surface area (TPSA) is 76.0 Å². The van der Waals surface area contributed by atoms with E-state index in [2.05, 4.69) is 21.9 Å². The van der Waals surface area contributed by atoms with Crippen LogP contribution in [0, 0.1) is 0 Å². The van der Waals surface area contributed by atoms with Crippen molar-refractivity contribution >= 4 is 22.6 Å². The first kappa shape index (κ1) is 18.6. The van der Waals surface area contributed by atoms with E-state index in [1.54, 1.807) is 6.20 Å². The van der Waals surface area contributed by atoms with Crippen LogP contribution in [0.3, 0.4) is 0 Å². The number of hydrogen-bond donors (Lipinski definition) is 1. The van der Waals surface area contributed by atoms with Crippen LogP contribution >= 0.6 is 11.6 Å². The molecule has 8 heteroatoms. The minimum absolute atomic E-state index is 0.00379. The molecule has 1 saturated heterocycles. The van der Waals surface area contributed by atoms with Crippen molar-refractivity contribution < 1.29 is 4.74 Å². The molecular weight excluding hydrogens is 390 g/mol. The van der Waals surface area contributed by atoms with Crippen LogP contribution in [0.2, 0.25) is 5.02 Å². The standard InChI is InChI=1S/C21H24ClN5O2/c1-13(26-11-17(12-26)29-16-8-6-14(22)7-9-16)19-24-20-18(21(28)25-19)10-23-27(20)15-4-2-3-5-15/h6-10,13,15,17H,2-5,11-12H2,1H3,(H,24,25,28)/t13-/m1/s1. The van der Waals surface area contributed by atoms with Crippen molar-refractivity contribution in [3.8, 4) is 5.75 Å². The van der Waals surface area contributed by atoms with E-state index < -0.39 is 0 Å². The Morgan fingerprint density at radius 3 is 2.66 bits per heavy atom. The average molecular weight is 414 g/mol. The van der Waals surface area contributed by atoms with Gasteiger partial charge in [0.25, 0.3) is 5.56 Å². The van der Waals surface area contributed by atoms with Gasteiger partial charge in [-0.1, -0.05) is 24.4 Å². The molecule has 1 aliphatic heterocycles. The van der Waals surface area contributed by atoms with E-state index in [1.807, 2.05) is 28.9 Å². The van der Waals surface area contributed by atoms with Crippen molar-refractivity contribution in [3.63, 3.8) is 0 Å². The molecule has 2 aromatic heterocycles. The van der Waals surface area contributed by atoms with Crippen LogP contribution in [-0.2, 0) is 0 Å². The fraction of sp³-hybridized carbons (Fsp3) is 0.476. The number of hydrogen-bond acceptors (Lipinski definition) is 5. The number of nitrogens with zero attached hydrogens (tertiary/aromatic N) is 4. The number of nitrogens with one attached hydrogen (secondary N) is 1. The first-order valence-corrected chi connectivity index (χ1v) is 10.6. The molecular formula is C21H24ClN5O2. The molecule has 3 heterocycles. The Morgan fingerprint density at radius 2 is 1.93 bits per heavy atom. The van der Waals surface area contributed by atoms with E-state index in [9.17, 15) is 4.79 Å². The first-order chi connectivity index (χ1) is 14.1. The van der Waals surface area contributed by atoms with Crippen LogP contribution in [0.25, 0.3) is 11.0 Å². The molecule has 1 aromatic carbocycles. The lowest BCUT2D eigenvalue weighted by molar-refractivity contribution is -0.00735. The zero-order valence-electron chi connectivity index (χ0n) is 16.3. The predicted molar refractivity (Wildman–Crippen MR) is 112 cm³/mol. The van der Waals surface area contributed by atoms with E-state index in [1.165, 1.54) is 12.8 Å². The van der Waals surface area contributed by atoms with E-state index in [4.69, 9.17) is 21.3 Å². The Bertz CT molecular complexity index is 1060. The molecule has 0 amide bonds. The van der Waals surface area contributed by atoms with Crippen LogP contribution in [0.15, 0.2) is 35.3 Å². The van der Waals surface area contributed by atoms with Crippen LogP contribution in [-0.4, -0.2) is 43.8 Å². The van der Waals surface area contributed by atoms with Crippen LogP contribution in [0.5, 0.6) is 5.75 Å². The van der Waals surface area contributed by atoms with Crippen molar-refractivity contribution in [3.05, 3.63) is 51.7 Å². The van der Waals surface area contributed by atoms with E-state index in [0.29, 0.717) is 27.9 Å². The van der Waals surface area contributed by atoms with Gasteiger partial charge in [0.05, 0.1) is 18.3 Å². The second-order valence-corrected chi connectivity index (χ2v) is 8.48. The summed E-state index contributed by atoms with van der Waals surface area (Å²) in [5.41, 5.74) is 0.590. The largest absolute Gasteiger partial charge is 0.488 e. The highest BCUT2D eigenvalue weighted by Gasteiger charge is 2.34. The van der Waals surface area contributed by atoms with Gasteiger partial charge < -0.3 is 9.72 Å². The number of ether oxygens (including phenoxy) is 1. The van der Waals surface area contributed by atoms with Gasteiger partial charge in [-0.05, 0) is 44.0 Å². The minimum atomic E-state index is -0.115. The molecule has 1 N–H and O–H groups in total. The summed E-state index contributed by atoms with van der Waals surface area (Å²) in [5, 5.41) is 5.74. The lowest BCUT2D eigenvalue weighted by Crippen LogP contribution is -2.54. The second-order valence-electron chi connectivity index (χ2n) is 8.04. The number of H-pyrrole nitrogens is 1. The molecule has 1 saturated carbocycles. The Balaban J connectivity index is 1.31. The Kier molecular flexibility index (Phi) is 4.80. The number of benzene rings is 1. The molecule has 3 aromatic rings. The molecule has 1 aliphatic carbocycles. The Morgan fingerprint density at radius 1 is 1.21 bits per heavy atom. The number of aromatic amines is 1. The highest BCUT2D eigenvalue weighted by Crippen LogP contribution is 2.31. The van der Waals surface area contributed by atoms with E-state index >= 15 is 0 Å². The molecule has 0 spiro atoms. The summed E-state index contributed by atoms with van der Waals surface area (Å²) in [4.78, 5) is 22.6. The summed E-state index contributed by atoms with van der Waals surface area (Å²) in [6.07, 6.45) is 6.40. The molecule has 0 radical (unpaired) electrons. The highest BCUT2D eigenvalue weighted by molar-refractivity contribution is 6.30. The van der Waals surface area contributed by atoms with E-state index in [-0.39, 0.29) is 17.7 Å². The quantitative estimate of drug-likeness (QED) is 0.690. The monoisotopic (exact) mass is 413 g/mol. The van der Waals surface area contributed by atoms with Gasteiger partial charge in [0.1, 0.15) is 23.1 Å². The van der Waals surface area contributed by atoms with Crippen LogP contribution < -0.4 is 10.3 Å². The number of fused-ring (bicyclic) bond motifs is 1. The van der Waals surface area contributed by atoms with Crippen molar-refractivity contribution in [1.82, 2.24) is 24.6 Å². The van der Waals surface area contributed by atoms with Crippen molar-refractivity contribution in [1.29, 1.82) is 0 Å². The molecule has 1 atom stereocenters. The van der Waals surface area contributed by atoms with Gasteiger partial charge >= 0.3 is 0 Å². The number of halogens is 1. The normalized spacial score (nSPS) is 19.5. The Hall–Kier alpha value is -2.38. The molecule has 7 nitrogen and oxygen atoms in total. The third-order valence-electron chi connectivity index (χ3n) is 6.09. The minimum Gasteiger partial charge on any atom is -0.488 e. The summed E-state index contributed by atoms with van der Waals surface area (Å²) in [7, 11) is 0.